The predicted octanol–water partition coefficient (Wildman–Crippen LogP) is 4.27. The average Bonchev–Trinajstić information content (AvgIpc) is 2.40. The van der Waals surface area contributed by atoms with E-state index in [1.165, 1.54) is 11.3 Å². The minimum atomic E-state index is 0.442. The highest BCUT2D eigenvalue weighted by Crippen LogP contribution is 2.32. The van der Waals surface area contributed by atoms with Crippen LogP contribution in [0.2, 0.25) is 5.02 Å². The van der Waals surface area contributed by atoms with Crippen molar-refractivity contribution in [1.82, 2.24) is 0 Å². The highest BCUT2D eigenvalue weighted by atomic mass is 35.5. The van der Waals surface area contributed by atoms with Gasteiger partial charge in [-0.3, -0.25) is 0 Å². The van der Waals surface area contributed by atoms with E-state index >= 15 is 0 Å². The molecule has 0 bridgehead atoms. The summed E-state index contributed by atoms with van der Waals surface area (Å²) in [6, 6.07) is 14.4. The van der Waals surface area contributed by atoms with E-state index in [4.69, 9.17) is 17.3 Å². The summed E-state index contributed by atoms with van der Waals surface area (Å²) in [6.07, 6.45) is 0. The lowest BCUT2D eigenvalue weighted by Crippen LogP contribution is -2.19. The predicted molar refractivity (Wildman–Crippen MR) is 83.2 cm³/mol. The van der Waals surface area contributed by atoms with Gasteiger partial charge < -0.3 is 10.6 Å². The van der Waals surface area contributed by atoms with Gasteiger partial charge in [-0.2, -0.15) is 0 Å². The number of halogens is 1. The molecule has 2 aromatic rings. The molecule has 0 fully saturated rings. The molecule has 100 valence electrons. The van der Waals surface area contributed by atoms with E-state index in [2.05, 4.69) is 49.1 Å². The Balaban J connectivity index is 2.51. The summed E-state index contributed by atoms with van der Waals surface area (Å²) >= 11 is 6.24. The maximum Gasteiger partial charge on any atom is 0.0471 e. The molecule has 2 N–H and O–H groups in total. The van der Waals surface area contributed by atoms with Crippen LogP contribution in [0, 0.1) is 6.92 Å². The molecule has 3 heteroatoms. The maximum atomic E-state index is 6.24. The second-order valence-electron chi connectivity index (χ2n) is 4.52. The van der Waals surface area contributed by atoms with Crippen molar-refractivity contribution in [2.75, 3.05) is 11.4 Å². The first-order valence-electron chi connectivity index (χ1n) is 6.49. The van der Waals surface area contributed by atoms with Crippen molar-refractivity contribution < 1.29 is 0 Å². The lowest BCUT2D eigenvalue weighted by atomic mass is 10.1. The van der Waals surface area contributed by atoms with Gasteiger partial charge in [-0.25, -0.2) is 0 Å². The first-order chi connectivity index (χ1) is 9.17. The van der Waals surface area contributed by atoms with E-state index in [0.717, 1.165) is 22.8 Å². The van der Waals surface area contributed by atoms with Gasteiger partial charge in [0.05, 0.1) is 0 Å². The van der Waals surface area contributed by atoms with Crippen molar-refractivity contribution in [3.63, 3.8) is 0 Å². The minimum absolute atomic E-state index is 0.442. The Hall–Kier alpha value is -1.51. The Morgan fingerprint density at radius 2 is 1.89 bits per heavy atom. The summed E-state index contributed by atoms with van der Waals surface area (Å²) in [5.74, 6) is 0. The fourth-order valence-corrected chi connectivity index (χ4v) is 2.54. The Bertz CT molecular complexity index is 566. The van der Waals surface area contributed by atoms with E-state index in [0.29, 0.717) is 6.54 Å². The molecule has 0 aliphatic heterocycles. The second kappa shape index (κ2) is 6.09. The molecule has 0 saturated heterocycles. The summed E-state index contributed by atoms with van der Waals surface area (Å²) < 4.78 is 0. The minimum Gasteiger partial charge on any atom is -0.341 e. The molecule has 0 heterocycles. The molecule has 0 spiro atoms. The van der Waals surface area contributed by atoms with Crippen LogP contribution in [0.15, 0.2) is 42.5 Å². The molecule has 19 heavy (non-hydrogen) atoms. The van der Waals surface area contributed by atoms with Crippen LogP contribution in [-0.4, -0.2) is 6.54 Å². The topological polar surface area (TPSA) is 29.3 Å². The summed E-state index contributed by atoms with van der Waals surface area (Å²) in [6.45, 7) is 5.54. The van der Waals surface area contributed by atoms with Crippen LogP contribution in [0.1, 0.15) is 18.1 Å². The molecule has 0 radical (unpaired) electrons. The second-order valence-corrected chi connectivity index (χ2v) is 4.93. The monoisotopic (exact) mass is 274 g/mol. The van der Waals surface area contributed by atoms with Gasteiger partial charge in [0.2, 0.25) is 0 Å². The lowest BCUT2D eigenvalue weighted by Gasteiger charge is -2.26. The fraction of sp³-hybridized carbons (Fsp3) is 0.250. The van der Waals surface area contributed by atoms with Gasteiger partial charge in [-0.05, 0) is 43.7 Å². The number of benzene rings is 2. The first kappa shape index (κ1) is 13.9. The molecule has 0 unspecified atom stereocenters. The fourth-order valence-electron chi connectivity index (χ4n) is 2.29. The van der Waals surface area contributed by atoms with Crippen LogP contribution in [0.5, 0.6) is 0 Å². The highest BCUT2D eigenvalue weighted by Gasteiger charge is 2.13. The summed E-state index contributed by atoms with van der Waals surface area (Å²) in [4.78, 5) is 2.24. The molecule has 0 aliphatic rings. The van der Waals surface area contributed by atoms with Crippen LogP contribution < -0.4 is 10.6 Å². The van der Waals surface area contributed by atoms with Crippen LogP contribution in [0.25, 0.3) is 0 Å². The Morgan fingerprint density at radius 3 is 2.53 bits per heavy atom. The highest BCUT2D eigenvalue weighted by molar-refractivity contribution is 6.31. The van der Waals surface area contributed by atoms with Crippen molar-refractivity contribution in [1.29, 1.82) is 0 Å². The van der Waals surface area contributed by atoms with E-state index in [1.54, 1.807) is 0 Å². The largest absolute Gasteiger partial charge is 0.341 e. The van der Waals surface area contributed by atoms with E-state index in [-0.39, 0.29) is 0 Å². The molecular formula is C16H19ClN2. The number of aryl methyl sites for hydroxylation is 1. The van der Waals surface area contributed by atoms with Crippen LogP contribution in [0.3, 0.4) is 0 Å². The Morgan fingerprint density at radius 1 is 1.16 bits per heavy atom. The first-order valence-corrected chi connectivity index (χ1v) is 6.86. The van der Waals surface area contributed by atoms with Gasteiger partial charge in [-0.15, -0.1) is 0 Å². The van der Waals surface area contributed by atoms with Crippen LogP contribution >= 0.6 is 11.6 Å². The lowest BCUT2D eigenvalue weighted by molar-refractivity contribution is 0.983. The zero-order valence-electron chi connectivity index (χ0n) is 11.4. The molecule has 0 saturated carbocycles. The third kappa shape index (κ3) is 2.91. The van der Waals surface area contributed by atoms with Crippen molar-refractivity contribution in [2.24, 2.45) is 5.73 Å². The normalized spacial score (nSPS) is 10.5. The zero-order chi connectivity index (χ0) is 13.8. The molecule has 0 aliphatic carbocycles. The van der Waals surface area contributed by atoms with E-state index < -0.39 is 0 Å². The van der Waals surface area contributed by atoms with Gasteiger partial charge in [0.25, 0.3) is 0 Å². The van der Waals surface area contributed by atoms with Crippen LogP contribution in [0.4, 0.5) is 11.4 Å². The van der Waals surface area contributed by atoms with Crippen molar-refractivity contribution in [2.45, 2.75) is 20.4 Å². The maximum absolute atomic E-state index is 6.24. The third-order valence-electron chi connectivity index (χ3n) is 3.22. The Kier molecular flexibility index (Phi) is 4.46. The number of nitrogens with zero attached hydrogens (tertiary/aromatic N) is 1. The molecule has 0 aromatic heterocycles. The van der Waals surface area contributed by atoms with Crippen molar-refractivity contribution >= 4 is 23.0 Å². The SMILES string of the molecule is CCN(c1cccc(C)c1)c1cccc(Cl)c1CN. The van der Waals surface area contributed by atoms with E-state index in [1.807, 2.05) is 12.1 Å². The number of hydrogen-bond acceptors (Lipinski definition) is 2. The van der Waals surface area contributed by atoms with Gasteiger partial charge in [0.1, 0.15) is 0 Å². The van der Waals surface area contributed by atoms with Gasteiger partial charge in [-0.1, -0.05) is 29.8 Å². The third-order valence-corrected chi connectivity index (χ3v) is 3.57. The number of anilines is 2. The zero-order valence-corrected chi connectivity index (χ0v) is 12.1. The molecule has 2 aromatic carbocycles. The molecule has 2 nitrogen and oxygen atoms in total. The number of hydrogen-bond donors (Lipinski definition) is 1. The van der Waals surface area contributed by atoms with Crippen molar-refractivity contribution in [3.8, 4) is 0 Å². The average molecular weight is 275 g/mol. The quantitative estimate of drug-likeness (QED) is 0.902. The van der Waals surface area contributed by atoms with E-state index in [9.17, 15) is 0 Å². The van der Waals surface area contributed by atoms with Gasteiger partial charge >= 0.3 is 0 Å². The number of nitrogens with two attached hydrogens (primary N) is 1. The summed E-state index contributed by atoms with van der Waals surface area (Å²) in [7, 11) is 0. The van der Waals surface area contributed by atoms with Crippen LogP contribution in [-0.2, 0) is 6.54 Å². The van der Waals surface area contributed by atoms with Gasteiger partial charge in [0, 0.05) is 35.1 Å². The van der Waals surface area contributed by atoms with Crippen molar-refractivity contribution in [3.05, 3.63) is 58.6 Å². The summed E-state index contributed by atoms with van der Waals surface area (Å²) in [5, 5.41) is 0.728. The molecule has 2 rings (SSSR count). The smallest absolute Gasteiger partial charge is 0.0471 e. The number of rotatable bonds is 4. The standard InChI is InChI=1S/C16H19ClN2/c1-3-19(13-7-4-6-12(2)10-13)16-9-5-8-15(17)14(16)11-18/h4-10H,3,11,18H2,1-2H3. The molecule has 0 atom stereocenters. The Labute approximate surface area is 119 Å². The molecule has 0 amide bonds. The molecular weight excluding hydrogens is 256 g/mol. The summed E-state index contributed by atoms with van der Waals surface area (Å²) in [5.41, 5.74) is 10.3. The van der Waals surface area contributed by atoms with Gasteiger partial charge in [0.15, 0.2) is 0 Å².